The van der Waals surface area contributed by atoms with E-state index in [4.69, 9.17) is 0 Å². The minimum absolute atomic E-state index is 0.0114. The number of benzene rings is 2. The molecule has 0 bridgehead atoms. The Bertz CT molecular complexity index is 1370. The molecular formula is C30H33N5O3S. The number of carbonyl (C=O) groups is 3. The molecule has 1 aromatic heterocycles. The lowest BCUT2D eigenvalue weighted by Crippen LogP contribution is -2.51. The number of hydrogen-bond donors (Lipinski definition) is 0. The van der Waals surface area contributed by atoms with E-state index in [2.05, 4.69) is 46.0 Å². The minimum Gasteiger partial charge on any atom is -0.371 e. The summed E-state index contributed by atoms with van der Waals surface area (Å²) in [6.07, 6.45) is 3.17. The van der Waals surface area contributed by atoms with Crippen LogP contribution in [0.4, 0.5) is 11.4 Å². The normalized spacial score (nSPS) is 19.0. The molecule has 3 aliphatic rings. The average Bonchev–Trinajstić information content (AvgIpc) is 3.60. The summed E-state index contributed by atoms with van der Waals surface area (Å²) in [6, 6.07) is 13.7. The minimum atomic E-state index is -0.417. The number of aromatic nitrogens is 1. The Labute approximate surface area is 232 Å². The van der Waals surface area contributed by atoms with Gasteiger partial charge in [-0.3, -0.25) is 19.3 Å². The monoisotopic (exact) mass is 543 g/mol. The Morgan fingerprint density at radius 3 is 2.31 bits per heavy atom. The van der Waals surface area contributed by atoms with Gasteiger partial charge in [0.15, 0.2) is 0 Å². The SMILES string of the molecule is Cc1ccc(N2CCN(C(=O)C3CCN(c4cccc5c4C(=O)N(C(C)c4nccs4)C5=O)CC3)CC2)cc1. The molecule has 0 saturated carbocycles. The number of thiazole rings is 1. The maximum absolute atomic E-state index is 13.5. The molecule has 39 heavy (non-hydrogen) atoms. The fraction of sp³-hybridized carbons (Fsp3) is 0.400. The molecule has 0 aliphatic carbocycles. The van der Waals surface area contributed by atoms with Gasteiger partial charge in [-0.1, -0.05) is 23.8 Å². The molecule has 6 rings (SSSR count). The van der Waals surface area contributed by atoms with Crippen molar-refractivity contribution in [3.05, 3.63) is 75.7 Å². The largest absolute Gasteiger partial charge is 0.371 e. The zero-order valence-electron chi connectivity index (χ0n) is 22.4. The molecule has 0 radical (unpaired) electrons. The Morgan fingerprint density at radius 1 is 0.923 bits per heavy atom. The van der Waals surface area contributed by atoms with Gasteiger partial charge in [0.2, 0.25) is 5.91 Å². The van der Waals surface area contributed by atoms with Crippen molar-refractivity contribution in [2.24, 2.45) is 5.92 Å². The van der Waals surface area contributed by atoms with E-state index < -0.39 is 6.04 Å². The van der Waals surface area contributed by atoms with Crippen molar-refractivity contribution in [1.82, 2.24) is 14.8 Å². The molecule has 1 unspecified atom stereocenters. The van der Waals surface area contributed by atoms with E-state index in [0.717, 1.165) is 49.7 Å². The van der Waals surface area contributed by atoms with Crippen LogP contribution in [0.15, 0.2) is 54.0 Å². The Hall–Kier alpha value is -3.72. The van der Waals surface area contributed by atoms with Crippen LogP contribution in [0.25, 0.3) is 0 Å². The third-order valence-corrected chi connectivity index (χ3v) is 9.24. The van der Waals surface area contributed by atoms with Crippen LogP contribution in [0.2, 0.25) is 0 Å². The first-order chi connectivity index (χ1) is 18.9. The van der Waals surface area contributed by atoms with Gasteiger partial charge in [0.05, 0.1) is 22.9 Å². The molecule has 0 spiro atoms. The summed E-state index contributed by atoms with van der Waals surface area (Å²) in [5.41, 5.74) is 4.17. The van der Waals surface area contributed by atoms with E-state index in [9.17, 15) is 14.4 Å². The lowest BCUT2D eigenvalue weighted by molar-refractivity contribution is -0.136. The highest BCUT2D eigenvalue weighted by Crippen LogP contribution is 2.38. The van der Waals surface area contributed by atoms with Crippen LogP contribution in [0.1, 0.15) is 57.1 Å². The van der Waals surface area contributed by atoms with Crippen LogP contribution < -0.4 is 9.80 Å². The van der Waals surface area contributed by atoms with Gasteiger partial charge >= 0.3 is 0 Å². The highest BCUT2D eigenvalue weighted by Gasteiger charge is 2.42. The molecule has 2 saturated heterocycles. The summed E-state index contributed by atoms with van der Waals surface area (Å²) >= 11 is 1.44. The topological polar surface area (TPSA) is 77.1 Å². The fourth-order valence-corrected chi connectivity index (χ4v) is 6.70. The Kier molecular flexibility index (Phi) is 6.85. The number of amides is 3. The van der Waals surface area contributed by atoms with Gasteiger partial charge in [0.25, 0.3) is 11.8 Å². The second-order valence-corrected chi connectivity index (χ2v) is 11.6. The molecular weight excluding hydrogens is 510 g/mol. The number of imide groups is 1. The number of aryl methyl sites for hydroxylation is 1. The van der Waals surface area contributed by atoms with Gasteiger partial charge in [-0.05, 0) is 51.0 Å². The highest BCUT2D eigenvalue weighted by atomic mass is 32.1. The number of piperidine rings is 1. The van der Waals surface area contributed by atoms with Crippen molar-refractivity contribution in [2.75, 3.05) is 49.1 Å². The molecule has 202 valence electrons. The lowest BCUT2D eigenvalue weighted by Gasteiger charge is -2.40. The summed E-state index contributed by atoms with van der Waals surface area (Å²) in [5, 5.41) is 2.59. The van der Waals surface area contributed by atoms with Crippen LogP contribution in [-0.2, 0) is 4.79 Å². The van der Waals surface area contributed by atoms with Crippen molar-refractivity contribution in [3.8, 4) is 0 Å². The molecule has 9 heteroatoms. The molecule has 3 aliphatic heterocycles. The molecule has 3 aromatic rings. The molecule has 2 fully saturated rings. The average molecular weight is 544 g/mol. The first kappa shape index (κ1) is 25.6. The Morgan fingerprint density at radius 2 is 1.64 bits per heavy atom. The zero-order valence-corrected chi connectivity index (χ0v) is 23.2. The van der Waals surface area contributed by atoms with Crippen molar-refractivity contribution >= 4 is 40.4 Å². The van der Waals surface area contributed by atoms with E-state index in [1.54, 1.807) is 12.3 Å². The van der Waals surface area contributed by atoms with Crippen LogP contribution in [0, 0.1) is 12.8 Å². The molecule has 2 aromatic carbocycles. The standard InChI is InChI=1S/C30H33N5O3S/c1-20-6-8-23(9-7-20)32-15-17-34(18-16-32)28(36)22-10-13-33(14-11-22)25-5-3-4-24-26(25)30(38)35(29(24)37)21(2)27-31-12-19-39-27/h3-9,12,19,21-22H,10-11,13-18H2,1-2H3. The predicted octanol–water partition coefficient (Wildman–Crippen LogP) is 4.37. The van der Waals surface area contributed by atoms with E-state index in [1.807, 2.05) is 29.3 Å². The number of hydrogen-bond acceptors (Lipinski definition) is 7. The summed E-state index contributed by atoms with van der Waals surface area (Å²) in [4.78, 5) is 52.3. The maximum Gasteiger partial charge on any atom is 0.264 e. The van der Waals surface area contributed by atoms with Gasteiger partial charge in [-0.15, -0.1) is 11.3 Å². The van der Waals surface area contributed by atoms with Gasteiger partial charge in [-0.25, -0.2) is 4.98 Å². The van der Waals surface area contributed by atoms with E-state index >= 15 is 0 Å². The number of carbonyl (C=O) groups excluding carboxylic acids is 3. The number of anilines is 2. The summed E-state index contributed by atoms with van der Waals surface area (Å²) < 4.78 is 0. The van der Waals surface area contributed by atoms with E-state index in [-0.39, 0.29) is 23.6 Å². The molecule has 0 N–H and O–H groups in total. The molecule has 1 atom stereocenters. The lowest BCUT2D eigenvalue weighted by atomic mass is 9.93. The predicted molar refractivity (Wildman–Crippen MR) is 152 cm³/mol. The summed E-state index contributed by atoms with van der Waals surface area (Å²) in [6.45, 7) is 8.46. The molecule has 8 nitrogen and oxygen atoms in total. The third-order valence-electron chi connectivity index (χ3n) is 8.30. The van der Waals surface area contributed by atoms with Crippen molar-refractivity contribution in [1.29, 1.82) is 0 Å². The van der Waals surface area contributed by atoms with E-state index in [1.165, 1.54) is 27.5 Å². The molecule has 4 heterocycles. The van der Waals surface area contributed by atoms with Crippen molar-refractivity contribution in [2.45, 2.75) is 32.7 Å². The number of fused-ring (bicyclic) bond motifs is 1. The number of rotatable bonds is 5. The molecule has 3 amide bonds. The summed E-state index contributed by atoms with van der Waals surface area (Å²) in [7, 11) is 0. The second-order valence-electron chi connectivity index (χ2n) is 10.6. The fourth-order valence-electron chi connectivity index (χ4n) is 6.02. The van der Waals surface area contributed by atoms with Gasteiger partial charge in [0.1, 0.15) is 5.01 Å². The van der Waals surface area contributed by atoms with Gasteiger partial charge in [0, 0.05) is 62.5 Å². The first-order valence-corrected chi connectivity index (χ1v) is 14.6. The van der Waals surface area contributed by atoms with Crippen LogP contribution in [0.3, 0.4) is 0 Å². The van der Waals surface area contributed by atoms with Gasteiger partial charge in [-0.2, -0.15) is 0 Å². The van der Waals surface area contributed by atoms with Crippen LogP contribution in [-0.4, -0.2) is 71.8 Å². The van der Waals surface area contributed by atoms with Crippen LogP contribution in [0.5, 0.6) is 0 Å². The highest BCUT2D eigenvalue weighted by molar-refractivity contribution is 7.09. The van der Waals surface area contributed by atoms with Crippen molar-refractivity contribution in [3.63, 3.8) is 0 Å². The third kappa shape index (κ3) is 4.69. The second kappa shape index (κ2) is 10.4. The quantitative estimate of drug-likeness (QED) is 0.445. The smallest absolute Gasteiger partial charge is 0.264 e. The zero-order chi connectivity index (χ0) is 27.1. The number of piperazine rings is 1. The van der Waals surface area contributed by atoms with Crippen molar-refractivity contribution < 1.29 is 14.4 Å². The maximum atomic E-state index is 13.5. The number of nitrogens with zero attached hydrogens (tertiary/aromatic N) is 5. The Balaban J connectivity index is 1.09. The first-order valence-electron chi connectivity index (χ1n) is 13.7. The van der Waals surface area contributed by atoms with E-state index in [0.29, 0.717) is 24.2 Å². The summed E-state index contributed by atoms with van der Waals surface area (Å²) in [5.74, 6) is -0.304. The van der Waals surface area contributed by atoms with Crippen LogP contribution >= 0.6 is 11.3 Å². The van der Waals surface area contributed by atoms with Gasteiger partial charge < -0.3 is 14.7 Å².